The number of rotatable bonds is 2. The normalized spacial score (nSPS) is 15.8. The first-order chi connectivity index (χ1) is 11.2. The van der Waals surface area contributed by atoms with Crippen molar-refractivity contribution >= 4 is 40.4 Å². The lowest BCUT2D eigenvalue weighted by atomic mass is 10.1. The van der Waals surface area contributed by atoms with Gasteiger partial charge in [-0.2, -0.15) is 0 Å². The second kappa shape index (κ2) is 8.04. The van der Waals surface area contributed by atoms with Crippen LogP contribution in [-0.2, 0) is 4.74 Å². The van der Waals surface area contributed by atoms with Gasteiger partial charge in [-0.1, -0.05) is 12.1 Å². The molecule has 7 heteroatoms. The number of amides is 3. The average Bonchev–Trinajstić information content (AvgIpc) is 2.48. The molecule has 2 rings (SSSR count). The van der Waals surface area contributed by atoms with E-state index < -0.39 is 5.60 Å². The quantitative estimate of drug-likeness (QED) is 0.681. The molecule has 1 heterocycles. The molecule has 2 N–H and O–H groups in total. The van der Waals surface area contributed by atoms with Gasteiger partial charge in [-0.05, 0) is 68.3 Å². The fourth-order valence-corrected chi connectivity index (χ4v) is 2.96. The summed E-state index contributed by atoms with van der Waals surface area (Å²) < 4.78 is 6.36. The molecule has 1 saturated heterocycles. The fourth-order valence-electron chi connectivity index (χ4n) is 2.44. The molecule has 3 amide bonds. The lowest BCUT2D eigenvalue weighted by Crippen LogP contribution is -2.48. The summed E-state index contributed by atoms with van der Waals surface area (Å²) in [5.74, 6) is 0. The van der Waals surface area contributed by atoms with Crippen LogP contribution in [0, 0.1) is 3.57 Å². The Hall–Kier alpha value is -1.51. The van der Waals surface area contributed by atoms with Crippen LogP contribution >= 0.6 is 22.6 Å². The number of hydrogen-bond acceptors (Lipinski definition) is 3. The standard InChI is InChI=1S/C17H24IN3O3/c1-17(2,3)24-16(23)21-10-8-12(9-11-21)19-15(22)20-14-7-5-4-6-13(14)18/h4-7,12H,8-11H2,1-3H3,(H2,19,20,22). The summed E-state index contributed by atoms with van der Waals surface area (Å²) in [6, 6.07) is 7.47. The van der Waals surface area contributed by atoms with Gasteiger partial charge in [0.2, 0.25) is 0 Å². The van der Waals surface area contributed by atoms with E-state index in [0.717, 1.165) is 22.1 Å². The highest BCUT2D eigenvalue weighted by atomic mass is 127. The van der Waals surface area contributed by atoms with Crippen LogP contribution in [0.4, 0.5) is 15.3 Å². The van der Waals surface area contributed by atoms with Gasteiger partial charge in [0.15, 0.2) is 0 Å². The molecule has 1 aromatic carbocycles. The maximum Gasteiger partial charge on any atom is 0.410 e. The number of benzene rings is 1. The van der Waals surface area contributed by atoms with Crippen molar-refractivity contribution in [1.29, 1.82) is 0 Å². The average molecular weight is 445 g/mol. The molecule has 0 bridgehead atoms. The zero-order valence-electron chi connectivity index (χ0n) is 14.3. The predicted octanol–water partition coefficient (Wildman–Crippen LogP) is 3.81. The van der Waals surface area contributed by atoms with Crippen molar-refractivity contribution < 1.29 is 14.3 Å². The van der Waals surface area contributed by atoms with Crippen molar-refractivity contribution in [3.63, 3.8) is 0 Å². The molecule has 0 aliphatic carbocycles. The van der Waals surface area contributed by atoms with Crippen molar-refractivity contribution in [3.05, 3.63) is 27.8 Å². The Kier molecular flexibility index (Phi) is 6.31. The number of carbonyl (C=O) groups excluding carboxylic acids is 2. The van der Waals surface area contributed by atoms with Crippen LogP contribution in [0.3, 0.4) is 0 Å². The van der Waals surface area contributed by atoms with E-state index in [-0.39, 0.29) is 18.2 Å². The first kappa shape index (κ1) is 18.8. The molecule has 1 aliphatic heterocycles. The summed E-state index contributed by atoms with van der Waals surface area (Å²) >= 11 is 2.18. The molecular formula is C17H24IN3O3. The van der Waals surface area contributed by atoms with Crippen LogP contribution in [0.25, 0.3) is 0 Å². The zero-order chi connectivity index (χ0) is 17.7. The molecular weight excluding hydrogens is 421 g/mol. The monoisotopic (exact) mass is 445 g/mol. The van der Waals surface area contributed by atoms with E-state index >= 15 is 0 Å². The molecule has 1 fully saturated rings. The smallest absolute Gasteiger partial charge is 0.410 e. The van der Waals surface area contributed by atoms with E-state index in [1.54, 1.807) is 4.90 Å². The van der Waals surface area contributed by atoms with Gasteiger partial charge in [-0.15, -0.1) is 0 Å². The number of carbonyl (C=O) groups is 2. The third kappa shape index (κ3) is 5.85. The summed E-state index contributed by atoms with van der Waals surface area (Å²) in [7, 11) is 0. The van der Waals surface area contributed by atoms with Crippen LogP contribution in [0.5, 0.6) is 0 Å². The van der Waals surface area contributed by atoms with Crippen LogP contribution in [0.15, 0.2) is 24.3 Å². The van der Waals surface area contributed by atoms with Gasteiger partial charge in [0.25, 0.3) is 0 Å². The Labute approximate surface area is 156 Å². The molecule has 6 nitrogen and oxygen atoms in total. The minimum Gasteiger partial charge on any atom is -0.444 e. The summed E-state index contributed by atoms with van der Waals surface area (Å²) in [4.78, 5) is 25.8. The van der Waals surface area contributed by atoms with Gasteiger partial charge >= 0.3 is 12.1 Å². The zero-order valence-corrected chi connectivity index (χ0v) is 16.4. The molecule has 0 unspecified atom stereocenters. The summed E-state index contributed by atoms with van der Waals surface area (Å²) in [5.41, 5.74) is 0.306. The largest absolute Gasteiger partial charge is 0.444 e. The molecule has 0 aromatic heterocycles. The van der Waals surface area contributed by atoms with Gasteiger partial charge in [-0.25, -0.2) is 9.59 Å². The van der Waals surface area contributed by atoms with Crippen LogP contribution in [0.2, 0.25) is 0 Å². The van der Waals surface area contributed by atoms with Gasteiger partial charge in [0, 0.05) is 22.7 Å². The van der Waals surface area contributed by atoms with Gasteiger partial charge in [0.05, 0.1) is 5.69 Å². The lowest BCUT2D eigenvalue weighted by Gasteiger charge is -2.33. The Morgan fingerprint density at radius 2 is 1.83 bits per heavy atom. The maximum atomic E-state index is 12.1. The molecule has 24 heavy (non-hydrogen) atoms. The van der Waals surface area contributed by atoms with Gasteiger partial charge < -0.3 is 20.3 Å². The Morgan fingerprint density at radius 3 is 2.42 bits per heavy atom. The Bertz CT molecular complexity index is 593. The number of hydrogen-bond donors (Lipinski definition) is 2. The van der Waals surface area contributed by atoms with Crippen molar-refractivity contribution in [2.75, 3.05) is 18.4 Å². The number of urea groups is 1. The number of para-hydroxylation sites is 1. The second-order valence-corrected chi connectivity index (χ2v) is 7.98. The first-order valence-corrected chi connectivity index (χ1v) is 9.12. The highest BCUT2D eigenvalue weighted by molar-refractivity contribution is 14.1. The number of likely N-dealkylation sites (tertiary alicyclic amines) is 1. The summed E-state index contributed by atoms with van der Waals surface area (Å²) in [6.07, 6.45) is 1.15. The SMILES string of the molecule is CC(C)(C)OC(=O)N1CCC(NC(=O)Nc2ccccc2I)CC1. The highest BCUT2D eigenvalue weighted by Gasteiger charge is 2.27. The van der Waals surface area contributed by atoms with Crippen molar-refractivity contribution in [3.8, 4) is 0 Å². The second-order valence-electron chi connectivity index (χ2n) is 6.82. The lowest BCUT2D eigenvalue weighted by molar-refractivity contribution is 0.0202. The van der Waals surface area contributed by atoms with E-state index in [0.29, 0.717) is 13.1 Å². The van der Waals surface area contributed by atoms with E-state index in [2.05, 4.69) is 33.2 Å². The number of halogens is 1. The predicted molar refractivity (Wildman–Crippen MR) is 102 cm³/mol. The topological polar surface area (TPSA) is 70.7 Å². The summed E-state index contributed by atoms with van der Waals surface area (Å²) in [6.45, 7) is 6.74. The molecule has 132 valence electrons. The number of nitrogens with one attached hydrogen (secondary N) is 2. The minimum absolute atomic E-state index is 0.0602. The van der Waals surface area contributed by atoms with E-state index in [4.69, 9.17) is 4.74 Å². The van der Waals surface area contributed by atoms with E-state index in [9.17, 15) is 9.59 Å². The highest BCUT2D eigenvalue weighted by Crippen LogP contribution is 2.18. The molecule has 0 saturated carbocycles. The number of ether oxygens (including phenoxy) is 1. The van der Waals surface area contributed by atoms with Crippen molar-refractivity contribution in [2.24, 2.45) is 0 Å². The molecule has 0 atom stereocenters. The van der Waals surface area contributed by atoms with Crippen LogP contribution < -0.4 is 10.6 Å². The molecule has 0 spiro atoms. The third-order valence-corrected chi connectivity index (χ3v) is 4.54. The Morgan fingerprint density at radius 1 is 1.21 bits per heavy atom. The first-order valence-electron chi connectivity index (χ1n) is 8.04. The molecule has 1 aliphatic rings. The van der Waals surface area contributed by atoms with Crippen LogP contribution in [0.1, 0.15) is 33.6 Å². The number of nitrogens with zero attached hydrogens (tertiary/aromatic N) is 1. The van der Waals surface area contributed by atoms with Crippen molar-refractivity contribution in [1.82, 2.24) is 10.2 Å². The third-order valence-electron chi connectivity index (χ3n) is 3.60. The van der Waals surface area contributed by atoms with E-state index in [1.165, 1.54) is 0 Å². The number of anilines is 1. The molecule has 1 aromatic rings. The number of piperidine rings is 1. The van der Waals surface area contributed by atoms with E-state index in [1.807, 2.05) is 45.0 Å². The molecule has 0 radical (unpaired) electrons. The summed E-state index contributed by atoms with van der Waals surface area (Å²) in [5, 5.41) is 5.83. The van der Waals surface area contributed by atoms with Crippen LogP contribution in [-0.4, -0.2) is 41.8 Å². The fraction of sp³-hybridized carbons (Fsp3) is 0.529. The van der Waals surface area contributed by atoms with Crippen molar-refractivity contribution in [2.45, 2.75) is 45.3 Å². The Balaban J connectivity index is 1.77. The minimum atomic E-state index is -0.487. The van der Waals surface area contributed by atoms with Gasteiger partial charge in [-0.3, -0.25) is 0 Å². The maximum absolute atomic E-state index is 12.1. The van der Waals surface area contributed by atoms with Gasteiger partial charge in [0.1, 0.15) is 5.60 Å².